The van der Waals surface area contributed by atoms with Crippen LogP contribution in [0.4, 0.5) is 4.39 Å². The Balaban J connectivity index is 2.43. The summed E-state index contributed by atoms with van der Waals surface area (Å²) in [6.07, 6.45) is 3.33. The van der Waals surface area contributed by atoms with Gasteiger partial charge in [-0.05, 0) is 55.3 Å². The van der Waals surface area contributed by atoms with Crippen molar-refractivity contribution < 1.29 is 4.39 Å². The Labute approximate surface area is 117 Å². The molecule has 0 aliphatic heterocycles. The summed E-state index contributed by atoms with van der Waals surface area (Å²) in [6.45, 7) is 11.9. The maximum atomic E-state index is 13.2. The third-order valence-electron chi connectivity index (χ3n) is 3.67. The maximum absolute atomic E-state index is 13.2. The summed E-state index contributed by atoms with van der Waals surface area (Å²) in [4.78, 5) is 0. The molecule has 1 N–H and O–H groups in total. The molecule has 19 heavy (non-hydrogen) atoms. The van der Waals surface area contributed by atoms with Crippen molar-refractivity contribution in [3.63, 3.8) is 0 Å². The molecule has 0 amide bonds. The summed E-state index contributed by atoms with van der Waals surface area (Å²) in [5.41, 5.74) is 2.31. The smallest absolute Gasteiger partial charge is 0.126 e. The molecule has 0 radical (unpaired) electrons. The number of hydrogen-bond donors (Lipinski definition) is 1. The fourth-order valence-corrected chi connectivity index (χ4v) is 2.17. The van der Waals surface area contributed by atoms with Gasteiger partial charge in [-0.1, -0.05) is 39.8 Å². The van der Waals surface area contributed by atoms with Gasteiger partial charge in [0.25, 0.3) is 0 Å². The Morgan fingerprint density at radius 1 is 1.21 bits per heavy atom. The Kier molecular flexibility index (Phi) is 5.99. The molecule has 0 unspecified atom stereocenters. The third-order valence-corrected chi connectivity index (χ3v) is 3.67. The minimum Gasteiger partial charge on any atom is -0.315 e. The van der Waals surface area contributed by atoms with Crippen LogP contribution in [0.15, 0.2) is 18.2 Å². The van der Waals surface area contributed by atoms with Crippen molar-refractivity contribution in [3.05, 3.63) is 35.1 Å². The summed E-state index contributed by atoms with van der Waals surface area (Å²) < 4.78 is 13.2. The van der Waals surface area contributed by atoms with E-state index in [0.29, 0.717) is 11.5 Å². The summed E-state index contributed by atoms with van der Waals surface area (Å²) in [7, 11) is 0. The quantitative estimate of drug-likeness (QED) is 0.766. The number of rotatable bonds is 7. The molecule has 0 bridgehead atoms. The zero-order valence-electron chi connectivity index (χ0n) is 13.0. The number of aryl methyl sites for hydroxylation is 2. The van der Waals surface area contributed by atoms with E-state index in [-0.39, 0.29) is 5.82 Å². The van der Waals surface area contributed by atoms with E-state index in [9.17, 15) is 4.39 Å². The molecule has 0 heterocycles. The lowest BCUT2D eigenvalue weighted by Gasteiger charge is -2.25. The monoisotopic (exact) mass is 265 g/mol. The number of hydrogen-bond acceptors (Lipinski definition) is 1. The van der Waals surface area contributed by atoms with Gasteiger partial charge in [0.15, 0.2) is 0 Å². The second-order valence-corrected chi connectivity index (χ2v) is 6.61. The summed E-state index contributed by atoms with van der Waals surface area (Å²) in [6, 6.07) is 6.01. The van der Waals surface area contributed by atoms with Crippen LogP contribution in [0.2, 0.25) is 0 Å². The molecule has 1 rings (SSSR count). The van der Waals surface area contributed by atoms with E-state index >= 15 is 0 Å². The van der Waals surface area contributed by atoms with Crippen molar-refractivity contribution in [3.8, 4) is 0 Å². The van der Waals surface area contributed by atoms with Crippen LogP contribution >= 0.6 is 0 Å². The predicted octanol–water partition coefficient (Wildman–Crippen LogP) is 4.48. The summed E-state index contributed by atoms with van der Waals surface area (Å²) >= 11 is 0. The van der Waals surface area contributed by atoms with Crippen molar-refractivity contribution >= 4 is 0 Å². The van der Waals surface area contributed by atoms with Crippen molar-refractivity contribution in [2.24, 2.45) is 5.41 Å². The van der Waals surface area contributed by atoms with Gasteiger partial charge in [0.1, 0.15) is 5.82 Å². The highest BCUT2D eigenvalue weighted by atomic mass is 19.1. The van der Waals surface area contributed by atoms with E-state index in [2.05, 4.69) is 33.0 Å². The molecule has 0 spiro atoms. The normalized spacial score (nSPS) is 12.2. The van der Waals surface area contributed by atoms with Crippen LogP contribution in [0.25, 0.3) is 0 Å². The van der Waals surface area contributed by atoms with Crippen molar-refractivity contribution in [2.75, 3.05) is 6.54 Å². The molecular weight excluding hydrogens is 237 g/mol. The van der Waals surface area contributed by atoms with E-state index < -0.39 is 0 Å². The molecule has 0 saturated heterocycles. The van der Waals surface area contributed by atoms with Gasteiger partial charge >= 0.3 is 0 Å². The molecule has 0 aromatic heterocycles. The fourth-order valence-electron chi connectivity index (χ4n) is 2.17. The first-order valence-electron chi connectivity index (χ1n) is 7.28. The van der Waals surface area contributed by atoms with Gasteiger partial charge in [0.05, 0.1) is 0 Å². The van der Waals surface area contributed by atoms with Gasteiger partial charge in [0, 0.05) is 6.04 Å². The highest BCUT2D eigenvalue weighted by Crippen LogP contribution is 2.27. The van der Waals surface area contributed by atoms with Crippen LogP contribution in [-0.2, 0) is 6.42 Å². The first kappa shape index (κ1) is 16.2. The largest absolute Gasteiger partial charge is 0.315 e. The molecule has 0 aliphatic rings. The predicted molar refractivity (Wildman–Crippen MR) is 81.0 cm³/mol. The summed E-state index contributed by atoms with van der Waals surface area (Å²) in [5, 5.41) is 3.47. The molecule has 0 aliphatic carbocycles. The van der Waals surface area contributed by atoms with Crippen molar-refractivity contribution in [2.45, 2.75) is 59.9 Å². The SMILES string of the molecule is Cc1cc(CCC(C)(C)CCNC(C)C)ccc1F. The average Bonchev–Trinajstić information content (AvgIpc) is 2.30. The highest BCUT2D eigenvalue weighted by molar-refractivity contribution is 5.24. The van der Waals surface area contributed by atoms with Crippen LogP contribution in [-0.4, -0.2) is 12.6 Å². The molecule has 108 valence electrons. The lowest BCUT2D eigenvalue weighted by atomic mass is 9.83. The lowest BCUT2D eigenvalue weighted by Crippen LogP contribution is -2.28. The molecule has 0 saturated carbocycles. The molecule has 1 aromatic rings. The Bertz CT molecular complexity index is 396. The molecule has 2 heteroatoms. The number of halogens is 1. The van der Waals surface area contributed by atoms with Gasteiger partial charge in [0.2, 0.25) is 0 Å². The van der Waals surface area contributed by atoms with Crippen molar-refractivity contribution in [1.29, 1.82) is 0 Å². The Hall–Kier alpha value is -0.890. The van der Waals surface area contributed by atoms with E-state index in [4.69, 9.17) is 0 Å². The van der Waals surface area contributed by atoms with Gasteiger partial charge in [-0.3, -0.25) is 0 Å². The van der Waals surface area contributed by atoms with Gasteiger partial charge < -0.3 is 5.32 Å². The van der Waals surface area contributed by atoms with Crippen LogP contribution in [0, 0.1) is 18.2 Å². The zero-order valence-corrected chi connectivity index (χ0v) is 13.0. The molecule has 0 atom stereocenters. The minimum atomic E-state index is -0.107. The second kappa shape index (κ2) is 7.04. The summed E-state index contributed by atoms with van der Waals surface area (Å²) in [5.74, 6) is -0.107. The number of nitrogens with one attached hydrogen (secondary N) is 1. The average molecular weight is 265 g/mol. The topological polar surface area (TPSA) is 12.0 Å². The Morgan fingerprint density at radius 3 is 2.47 bits per heavy atom. The van der Waals surface area contributed by atoms with E-state index in [1.807, 2.05) is 19.1 Å². The van der Waals surface area contributed by atoms with Crippen LogP contribution in [0.5, 0.6) is 0 Å². The van der Waals surface area contributed by atoms with E-state index in [1.54, 1.807) is 6.07 Å². The van der Waals surface area contributed by atoms with Gasteiger partial charge in [-0.2, -0.15) is 0 Å². The van der Waals surface area contributed by atoms with Gasteiger partial charge in [-0.25, -0.2) is 4.39 Å². The lowest BCUT2D eigenvalue weighted by molar-refractivity contribution is 0.298. The highest BCUT2D eigenvalue weighted by Gasteiger charge is 2.17. The molecule has 1 aromatic carbocycles. The second-order valence-electron chi connectivity index (χ2n) is 6.61. The number of benzene rings is 1. The maximum Gasteiger partial charge on any atom is 0.126 e. The standard InChI is InChI=1S/C17H28FN/c1-13(2)19-11-10-17(4,5)9-8-15-6-7-16(18)14(3)12-15/h6-7,12-13,19H,8-11H2,1-5H3. The van der Waals surface area contributed by atoms with Crippen molar-refractivity contribution in [1.82, 2.24) is 5.32 Å². The molecule has 0 fully saturated rings. The first-order chi connectivity index (χ1) is 8.80. The van der Waals surface area contributed by atoms with Gasteiger partial charge in [-0.15, -0.1) is 0 Å². The fraction of sp³-hybridized carbons (Fsp3) is 0.647. The first-order valence-corrected chi connectivity index (χ1v) is 7.28. The third kappa shape index (κ3) is 6.20. The molecular formula is C17H28FN. The zero-order chi connectivity index (χ0) is 14.5. The van der Waals surface area contributed by atoms with Crippen LogP contribution < -0.4 is 5.32 Å². The van der Waals surface area contributed by atoms with E-state index in [1.165, 1.54) is 12.0 Å². The molecule has 1 nitrogen and oxygen atoms in total. The van der Waals surface area contributed by atoms with Crippen LogP contribution in [0.1, 0.15) is 51.7 Å². The Morgan fingerprint density at radius 2 is 1.89 bits per heavy atom. The van der Waals surface area contributed by atoms with Crippen LogP contribution in [0.3, 0.4) is 0 Å². The minimum absolute atomic E-state index is 0.107. The van der Waals surface area contributed by atoms with E-state index in [0.717, 1.165) is 24.9 Å².